The summed E-state index contributed by atoms with van der Waals surface area (Å²) in [6.07, 6.45) is 8.06. The number of nitrogens with zero attached hydrogens (tertiary/aromatic N) is 3. The number of hydrogen-bond acceptors (Lipinski definition) is 5. The van der Waals surface area contributed by atoms with E-state index in [4.69, 9.17) is 4.74 Å². The summed E-state index contributed by atoms with van der Waals surface area (Å²) >= 11 is 0. The number of rotatable bonds is 4. The Labute approximate surface area is 159 Å². The first kappa shape index (κ1) is 18.9. The van der Waals surface area contributed by atoms with Gasteiger partial charge in [0, 0.05) is 49.2 Å². The minimum absolute atomic E-state index is 0. The Morgan fingerprint density at radius 3 is 2.69 bits per heavy atom. The van der Waals surface area contributed by atoms with Crippen LogP contribution in [0.15, 0.2) is 30.6 Å². The first-order valence-electron chi connectivity index (χ1n) is 9.01. The van der Waals surface area contributed by atoms with Gasteiger partial charge in [-0.25, -0.2) is 14.4 Å². The van der Waals surface area contributed by atoms with E-state index < -0.39 is 0 Å². The predicted molar refractivity (Wildman–Crippen MR) is 101 cm³/mol. The number of benzene rings is 1. The van der Waals surface area contributed by atoms with Crippen LogP contribution < -0.4 is 15.0 Å². The standard InChI is InChI=1S/C19H23FN4O.ClH/c20-15-5-6-18-16(10-15)17(4-3-9-25-18)21-11-14-12-22-19(23-13-14)24-7-1-2-8-24;/h5-6,10,12-13,17,21H,1-4,7-9,11H2;1H. The lowest BCUT2D eigenvalue weighted by atomic mass is 10.0. The van der Waals surface area contributed by atoms with Gasteiger partial charge in [-0.15, -0.1) is 12.4 Å². The van der Waals surface area contributed by atoms with Gasteiger partial charge in [-0.05, 0) is 43.9 Å². The molecule has 1 aromatic heterocycles. The third-order valence-corrected chi connectivity index (χ3v) is 4.88. The van der Waals surface area contributed by atoms with Crippen LogP contribution in [0.25, 0.3) is 0 Å². The van der Waals surface area contributed by atoms with Crippen molar-refractivity contribution in [1.82, 2.24) is 15.3 Å². The third kappa shape index (κ3) is 4.24. The summed E-state index contributed by atoms with van der Waals surface area (Å²) in [7, 11) is 0. The molecule has 3 heterocycles. The summed E-state index contributed by atoms with van der Waals surface area (Å²) in [4.78, 5) is 11.2. The van der Waals surface area contributed by atoms with Crippen molar-refractivity contribution in [3.05, 3.63) is 47.5 Å². The topological polar surface area (TPSA) is 50.3 Å². The van der Waals surface area contributed by atoms with Gasteiger partial charge in [-0.3, -0.25) is 0 Å². The molecule has 2 aromatic rings. The number of hydrogen-bond donors (Lipinski definition) is 1. The SMILES string of the molecule is Cl.Fc1ccc2c(c1)C(NCc1cnc(N3CCCC3)nc1)CCCO2. The van der Waals surface area contributed by atoms with Crippen LogP contribution in [0.4, 0.5) is 10.3 Å². The lowest BCUT2D eigenvalue weighted by Gasteiger charge is -2.19. The van der Waals surface area contributed by atoms with E-state index in [0.29, 0.717) is 13.2 Å². The van der Waals surface area contributed by atoms with Crippen molar-refractivity contribution in [2.45, 2.75) is 38.3 Å². The molecule has 0 aliphatic carbocycles. The van der Waals surface area contributed by atoms with Gasteiger partial charge in [-0.1, -0.05) is 0 Å². The second kappa shape index (κ2) is 8.64. The molecule has 0 bridgehead atoms. The lowest BCUT2D eigenvalue weighted by molar-refractivity contribution is 0.315. The molecule has 1 saturated heterocycles. The molecule has 7 heteroatoms. The minimum atomic E-state index is -0.227. The molecule has 0 radical (unpaired) electrons. The average molecular weight is 379 g/mol. The molecule has 1 unspecified atom stereocenters. The zero-order valence-electron chi connectivity index (χ0n) is 14.7. The average Bonchev–Trinajstić information content (AvgIpc) is 3.10. The van der Waals surface area contributed by atoms with Crippen molar-refractivity contribution in [3.8, 4) is 5.75 Å². The van der Waals surface area contributed by atoms with Crippen LogP contribution >= 0.6 is 12.4 Å². The summed E-state index contributed by atoms with van der Waals surface area (Å²) < 4.78 is 19.4. The summed E-state index contributed by atoms with van der Waals surface area (Å²) in [5.74, 6) is 1.36. The van der Waals surface area contributed by atoms with Crippen molar-refractivity contribution in [2.24, 2.45) is 0 Å². The molecule has 0 saturated carbocycles. The highest BCUT2D eigenvalue weighted by atomic mass is 35.5. The highest BCUT2D eigenvalue weighted by Gasteiger charge is 2.20. The number of halogens is 2. The Bertz CT molecular complexity index is 722. The van der Waals surface area contributed by atoms with E-state index in [2.05, 4.69) is 20.2 Å². The maximum atomic E-state index is 13.6. The van der Waals surface area contributed by atoms with Gasteiger partial charge in [0.2, 0.25) is 5.95 Å². The Balaban J connectivity index is 0.00000196. The molecule has 140 valence electrons. The molecule has 0 amide bonds. The first-order valence-corrected chi connectivity index (χ1v) is 9.01. The summed E-state index contributed by atoms with van der Waals surface area (Å²) in [5.41, 5.74) is 1.93. The van der Waals surface area contributed by atoms with Gasteiger partial charge in [0.25, 0.3) is 0 Å². The first-order chi connectivity index (χ1) is 12.3. The van der Waals surface area contributed by atoms with Gasteiger partial charge in [0.15, 0.2) is 0 Å². The highest BCUT2D eigenvalue weighted by molar-refractivity contribution is 5.85. The fraction of sp³-hybridized carbons (Fsp3) is 0.474. The molecule has 1 fully saturated rings. The third-order valence-electron chi connectivity index (χ3n) is 4.88. The van der Waals surface area contributed by atoms with Crippen LogP contribution in [-0.4, -0.2) is 29.7 Å². The Morgan fingerprint density at radius 2 is 1.92 bits per heavy atom. The van der Waals surface area contributed by atoms with Gasteiger partial charge in [0.1, 0.15) is 11.6 Å². The summed E-state index contributed by atoms with van der Waals surface area (Å²) in [6.45, 7) is 3.41. The van der Waals surface area contributed by atoms with Gasteiger partial charge < -0.3 is 15.0 Å². The van der Waals surface area contributed by atoms with Crippen LogP contribution in [-0.2, 0) is 6.54 Å². The van der Waals surface area contributed by atoms with E-state index in [9.17, 15) is 4.39 Å². The normalized spacial score (nSPS) is 19.3. The second-order valence-electron chi connectivity index (χ2n) is 6.69. The quantitative estimate of drug-likeness (QED) is 0.880. The van der Waals surface area contributed by atoms with Crippen molar-refractivity contribution in [2.75, 3.05) is 24.6 Å². The van der Waals surface area contributed by atoms with Crippen LogP contribution in [0.5, 0.6) is 5.75 Å². The van der Waals surface area contributed by atoms with Crippen molar-refractivity contribution in [1.29, 1.82) is 0 Å². The Kier molecular flexibility index (Phi) is 6.27. The van der Waals surface area contributed by atoms with Crippen LogP contribution in [0.1, 0.15) is 42.9 Å². The van der Waals surface area contributed by atoms with Gasteiger partial charge in [0.05, 0.1) is 6.61 Å². The number of nitrogens with one attached hydrogen (secondary N) is 1. The maximum absolute atomic E-state index is 13.6. The van der Waals surface area contributed by atoms with Crippen LogP contribution in [0.3, 0.4) is 0 Å². The molecular formula is C19H24ClFN4O. The second-order valence-corrected chi connectivity index (χ2v) is 6.69. The Morgan fingerprint density at radius 1 is 1.15 bits per heavy atom. The van der Waals surface area contributed by atoms with Crippen molar-refractivity contribution < 1.29 is 9.13 Å². The summed E-state index contributed by atoms with van der Waals surface area (Å²) in [6, 6.07) is 4.82. The highest BCUT2D eigenvalue weighted by Crippen LogP contribution is 2.32. The fourth-order valence-electron chi connectivity index (χ4n) is 3.52. The molecule has 26 heavy (non-hydrogen) atoms. The molecule has 1 atom stereocenters. The van der Waals surface area contributed by atoms with Crippen LogP contribution in [0.2, 0.25) is 0 Å². The molecular weight excluding hydrogens is 355 g/mol. The number of ether oxygens (including phenoxy) is 1. The number of anilines is 1. The molecule has 0 spiro atoms. The fourth-order valence-corrected chi connectivity index (χ4v) is 3.52. The monoisotopic (exact) mass is 378 g/mol. The van der Waals surface area contributed by atoms with Gasteiger partial charge in [-0.2, -0.15) is 0 Å². The molecule has 4 rings (SSSR count). The number of aromatic nitrogens is 2. The van der Waals surface area contributed by atoms with E-state index >= 15 is 0 Å². The van der Waals surface area contributed by atoms with Crippen LogP contribution in [0, 0.1) is 5.82 Å². The largest absolute Gasteiger partial charge is 0.493 e. The summed E-state index contributed by atoms with van der Waals surface area (Å²) in [5, 5.41) is 3.51. The molecule has 2 aliphatic rings. The molecule has 1 N–H and O–H groups in total. The maximum Gasteiger partial charge on any atom is 0.225 e. The van der Waals surface area contributed by atoms with E-state index in [1.807, 2.05) is 12.4 Å². The van der Waals surface area contributed by atoms with E-state index in [1.54, 1.807) is 12.1 Å². The molecule has 1 aromatic carbocycles. The lowest BCUT2D eigenvalue weighted by Crippen LogP contribution is -2.22. The zero-order valence-corrected chi connectivity index (χ0v) is 15.5. The van der Waals surface area contributed by atoms with Crippen molar-refractivity contribution in [3.63, 3.8) is 0 Å². The Hall–Kier alpha value is -1.92. The smallest absolute Gasteiger partial charge is 0.225 e. The minimum Gasteiger partial charge on any atom is -0.493 e. The van der Waals surface area contributed by atoms with E-state index in [-0.39, 0.29) is 24.3 Å². The zero-order chi connectivity index (χ0) is 17.1. The van der Waals surface area contributed by atoms with Crippen molar-refractivity contribution >= 4 is 18.4 Å². The van der Waals surface area contributed by atoms with E-state index in [1.165, 1.54) is 18.9 Å². The number of fused-ring (bicyclic) bond motifs is 1. The predicted octanol–water partition coefficient (Wildman–Crippen LogP) is 3.64. The van der Waals surface area contributed by atoms with E-state index in [0.717, 1.165) is 48.8 Å². The molecule has 5 nitrogen and oxygen atoms in total. The molecule has 2 aliphatic heterocycles. The van der Waals surface area contributed by atoms with Gasteiger partial charge >= 0.3 is 0 Å².